The monoisotopic (exact) mass is 317 g/mol. The first-order valence-electron chi connectivity index (χ1n) is 9.48. The van der Waals surface area contributed by atoms with Crippen LogP contribution in [-0.4, -0.2) is 31.4 Å². The molecule has 2 heteroatoms. The van der Waals surface area contributed by atoms with E-state index in [0.717, 1.165) is 5.88 Å². The van der Waals surface area contributed by atoms with E-state index in [4.69, 9.17) is 11.6 Å². The summed E-state index contributed by atoms with van der Waals surface area (Å²) in [7, 11) is 4.33. The second kappa shape index (κ2) is 18.3. The van der Waals surface area contributed by atoms with Gasteiger partial charge in [0.15, 0.2) is 0 Å². The van der Waals surface area contributed by atoms with Gasteiger partial charge in [0.2, 0.25) is 0 Å². The molecule has 0 aliphatic rings. The molecule has 0 aromatic carbocycles. The summed E-state index contributed by atoms with van der Waals surface area (Å²) in [5.74, 6) is 0.843. The van der Waals surface area contributed by atoms with Crippen molar-refractivity contribution in [3.63, 3.8) is 0 Å². The van der Waals surface area contributed by atoms with Crippen LogP contribution < -0.4 is 0 Å². The van der Waals surface area contributed by atoms with Crippen LogP contribution in [-0.2, 0) is 0 Å². The predicted molar refractivity (Wildman–Crippen MR) is 98.5 cm³/mol. The van der Waals surface area contributed by atoms with Gasteiger partial charge >= 0.3 is 0 Å². The Morgan fingerprint density at radius 3 is 1.05 bits per heavy atom. The molecule has 0 saturated carbocycles. The SMILES string of the molecule is CN(C)CCCCCCCCCCCCCCCCCCl. The highest BCUT2D eigenvalue weighted by molar-refractivity contribution is 6.17. The molecular formula is C19H40ClN. The zero-order valence-electron chi connectivity index (χ0n) is 14.8. The van der Waals surface area contributed by atoms with Gasteiger partial charge in [-0.15, -0.1) is 11.6 Å². The van der Waals surface area contributed by atoms with Gasteiger partial charge in [0, 0.05) is 5.88 Å². The number of nitrogens with zero attached hydrogens (tertiary/aromatic N) is 1. The molecule has 0 unspecified atom stereocenters. The number of alkyl halides is 1. The lowest BCUT2D eigenvalue weighted by molar-refractivity contribution is 0.389. The lowest BCUT2D eigenvalue weighted by Gasteiger charge is -2.08. The summed E-state index contributed by atoms with van der Waals surface area (Å²) in [6, 6.07) is 0. The van der Waals surface area contributed by atoms with E-state index in [1.165, 1.54) is 103 Å². The van der Waals surface area contributed by atoms with E-state index in [0.29, 0.717) is 0 Å². The molecule has 0 saturated heterocycles. The Kier molecular flexibility index (Phi) is 18.5. The number of halogens is 1. The Bertz CT molecular complexity index is 182. The van der Waals surface area contributed by atoms with E-state index in [2.05, 4.69) is 19.0 Å². The van der Waals surface area contributed by atoms with E-state index in [1.54, 1.807) is 0 Å². The summed E-state index contributed by atoms with van der Waals surface area (Å²) < 4.78 is 0. The number of rotatable bonds is 17. The first-order chi connectivity index (χ1) is 10.3. The molecule has 0 fully saturated rings. The van der Waals surface area contributed by atoms with Crippen molar-refractivity contribution in [2.45, 2.75) is 96.3 Å². The topological polar surface area (TPSA) is 3.24 Å². The van der Waals surface area contributed by atoms with Crippen LogP contribution in [0.3, 0.4) is 0 Å². The van der Waals surface area contributed by atoms with Crippen LogP contribution in [0.5, 0.6) is 0 Å². The number of unbranched alkanes of at least 4 members (excludes halogenated alkanes) is 14. The van der Waals surface area contributed by atoms with Gasteiger partial charge < -0.3 is 4.90 Å². The third-order valence-electron chi connectivity index (χ3n) is 4.24. The zero-order chi connectivity index (χ0) is 15.6. The van der Waals surface area contributed by atoms with E-state index in [1.807, 2.05) is 0 Å². The summed E-state index contributed by atoms with van der Waals surface area (Å²) in [6.45, 7) is 1.26. The maximum Gasteiger partial charge on any atom is 0.0223 e. The number of hydrogen-bond acceptors (Lipinski definition) is 1. The van der Waals surface area contributed by atoms with E-state index < -0.39 is 0 Å². The molecule has 0 aliphatic heterocycles. The van der Waals surface area contributed by atoms with Crippen molar-refractivity contribution in [1.29, 1.82) is 0 Å². The molecule has 21 heavy (non-hydrogen) atoms. The molecular weight excluding hydrogens is 278 g/mol. The van der Waals surface area contributed by atoms with Crippen molar-refractivity contribution in [1.82, 2.24) is 4.90 Å². The van der Waals surface area contributed by atoms with Gasteiger partial charge in [-0.3, -0.25) is 0 Å². The summed E-state index contributed by atoms with van der Waals surface area (Å²) in [4.78, 5) is 2.29. The van der Waals surface area contributed by atoms with E-state index in [-0.39, 0.29) is 0 Å². The van der Waals surface area contributed by atoms with Crippen molar-refractivity contribution in [3.8, 4) is 0 Å². The first kappa shape index (κ1) is 21.2. The zero-order valence-corrected chi connectivity index (χ0v) is 15.6. The third kappa shape index (κ3) is 20.2. The van der Waals surface area contributed by atoms with Crippen molar-refractivity contribution in [2.75, 3.05) is 26.5 Å². The van der Waals surface area contributed by atoms with Crippen LogP contribution in [0.1, 0.15) is 96.3 Å². The van der Waals surface area contributed by atoms with E-state index in [9.17, 15) is 0 Å². The van der Waals surface area contributed by atoms with Crippen LogP contribution in [0.25, 0.3) is 0 Å². The van der Waals surface area contributed by atoms with Gasteiger partial charge in [-0.05, 0) is 33.5 Å². The fourth-order valence-corrected chi connectivity index (χ4v) is 3.01. The minimum absolute atomic E-state index is 0.843. The van der Waals surface area contributed by atoms with Gasteiger partial charge in [-0.2, -0.15) is 0 Å². The normalized spacial score (nSPS) is 11.4. The lowest BCUT2D eigenvalue weighted by Crippen LogP contribution is -2.12. The minimum Gasteiger partial charge on any atom is -0.309 e. The summed E-state index contributed by atoms with van der Waals surface area (Å²) in [5.41, 5.74) is 0. The van der Waals surface area contributed by atoms with Gasteiger partial charge in [-0.1, -0.05) is 83.5 Å². The lowest BCUT2D eigenvalue weighted by atomic mass is 10.0. The van der Waals surface area contributed by atoms with Crippen molar-refractivity contribution >= 4 is 11.6 Å². The van der Waals surface area contributed by atoms with Crippen LogP contribution in [0.2, 0.25) is 0 Å². The van der Waals surface area contributed by atoms with Crippen LogP contribution in [0.15, 0.2) is 0 Å². The second-order valence-corrected chi connectivity index (χ2v) is 7.17. The van der Waals surface area contributed by atoms with Gasteiger partial charge in [-0.25, -0.2) is 0 Å². The summed E-state index contributed by atoms with van der Waals surface area (Å²) >= 11 is 5.67. The Morgan fingerprint density at radius 1 is 0.476 bits per heavy atom. The van der Waals surface area contributed by atoms with Gasteiger partial charge in [0.05, 0.1) is 0 Å². The fraction of sp³-hybridized carbons (Fsp3) is 1.00. The molecule has 0 N–H and O–H groups in total. The average molecular weight is 318 g/mol. The van der Waals surface area contributed by atoms with Crippen molar-refractivity contribution < 1.29 is 0 Å². The first-order valence-corrected chi connectivity index (χ1v) is 10.0. The molecule has 0 spiro atoms. The van der Waals surface area contributed by atoms with Crippen LogP contribution >= 0.6 is 11.6 Å². The molecule has 0 radical (unpaired) electrons. The average Bonchev–Trinajstić information content (AvgIpc) is 2.46. The molecule has 0 atom stereocenters. The van der Waals surface area contributed by atoms with Gasteiger partial charge in [0.1, 0.15) is 0 Å². The molecule has 0 bridgehead atoms. The van der Waals surface area contributed by atoms with Crippen molar-refractivity contribution in [3.05, 3.63) is 0 Å². The van der Waals surface area contributed by atoms with Crippen molar-refractivity contribution in [2.24, 2.45) is 0 Å². The molecule has 0 aromatic rings. The molecule has 1 nitrogen and oxygen atoms in total. The standard InChI is InChI=1S/C19H40ClN/c1-21(2)19-17-15-13-11-9-7-5-3-4-6-8-10-12-14-16-18-20/h3-19H2,1-2H3. The highest BCUT2D eigenvalue weighted by Gasteiger charge is 1.95. The molecule has 0 amide bonds. The maximum atomic E-state index is 5.67. The smallest absolute Gasteiger partial charge is 0.0223 e. The van der Waals surface area contributed by atoms with Crippen LogP contribution in [0.4, 0.5) is 0 Å². The Balaban J connectivity index is 2.93. The highest BCUT2D eigenvalue weighted by atomic mass is 35.5. The quantitative estimate of drug-likeness (QED) is 0.215. The van der Waals surface area contributed by atoms with Crippen LogP contribution in [0, 0.1) is 0 Å². The molecule has 128 valence electrons. The Morgan fingerprint density at radius 2 is 0.762 bits per heavy atom. The largest absolute Gasteiger partial charge is 0.309 e. The molecule has 0 aliphatic carbocycles. The molecule has 0 aromatic heterocycles. The maximum absolute atomic E-state index is 5.67. The summed E-state index contributed by atoms with van der Waals surface area (Å²) in [5, 5.41) is 0. The third-order valence-corrected chi connectivity index (χ3v) is 4.51. The molecule has 0 rings (SSSR count). The summed E-state index contributed by atoms with van der Waals surface area (Å²) in [6.07, 6.45) is 21.2. The second-order valence-electron chi connectivity index (χ2n) is 6.80. The number of hydrogen-bond donors (Lipinski definition) is 0. The van der Waals surface area contributed by atoms with E-state index >= 15 is 0 Å². The predicted octanol–water partition coefficient (Wildman–Crippen LogP) is 6.64. The Hall–Kier alpha value is 0.250. The Labute approximate surface area is 139 Å². The fourth-order valence-electron chi connectivity index (χ4n) is 2.82. The van der Waals surface area contributed by atoms with Gasteiger partial charge in [0.25, 0.3) is 0 Å². The minimum atomic E-state index is 0.843. The highest BCUT2D eigenvalue weighted by Crippen LogP contribution is 2.13. The molecule has 0 heterocycles.